The maximum atomic E-state index is 16.5. The second-order valence-electron chi connectivity index (χ2n) is 27.3. The summed E-state index contributed by atoms with van der Waals surface area (Å²) in [6, 6.07) is 11.5. The molecule has 4 heteroatoms. The van der Waals surface area contributed by atoms with E-state index in [1.807, 2.05) is 0 Å². The first-order valence-electron chi connectivity index (χ1n) is 28.6. The summed E-state index contributed by atoms with van der Waals surface area (Å²) in [4.78, 5) is 33.0. The standard InChI is InChI=1S/C74H18O4/c1-4-73(70(75)77-2,71(76)78-3)74-65-57-48-41-28-21-15-14-16-12-13-17(15)26(28)32-30-19(13)22-18(12)29-31-25(16)27-20(14)23-24(21)35-42-34(23)43-40(27)47-45(31)49-36(29)38-33(22)39-37(30)50(46(32)48)61(65)63-52(39)51(38)62-60(49)64-56(47)53(43)58-55(42)59(54(57)44(35)41)68(74)66(58)72(64,67(62)69(63)74)10-11-8-6-5-7-9-11/h5-9H,4,10H2,1-3H3. The average Bonchev–Trinajstić information content (AvgIpc) is 2.19. The molecule has 0 N–H and O–H groups in total. The van der Waals surface area contributed by atoms with Crippen molar-refractivity contribution >= 4 is 292 Å². The van der Waals surface area contributed by atoms with Gasteiger partial charge in [-0.15, -0.1) is 0 Å². The first-order valence-corrected chi connectivity index (χ1v) is 28.6. The van der Waals surface area contributed by atoms with Gasteiger partial charge in [-0.2, -0.15) is 0 Å². The highest BCUT2D eigenvalue weighted by Gasteiger charge is 2.75. The molecule has 4 nitrogen and oxygen atoms in total. The molecule has 28 aromatic rings. The summed E-state index contributed by atoms with van der Waals surface area (Å²) in [5, 5.41) is 77.3. The summed E-state index contributed by atoms with van der Waals surface area (Å²) in [6.07, 6.45) is 1.01. The maximum absolute atomic E-state index is 16.5. The number of rotatable bonds is 6. The van der Waals surface area contributed by atoms with Gasteiger partial charge in [-0.1, -0.05) is 37.3 Å². The molecule has 0 bridgehead atoms. The van der Waals surface area contributed by atoms with E-state index in [9.17, 15) is 0 Å². The minimum absolute atomic E-state index is 0.226. The van der Waals surface area contributed by atoms with Gasteiger partial charge in [-0.05, 0) is 332 Å². The predicted molar refractivity (Wildman–Crippen MR) is 319 cm³/mol. The van der Waals surface area contributed by atoms with Crippen LogP contribution < -0.4 is 0 Å². The van der Waals surface area contributed by atoms with E-state index in [0.717, 1.165) is 6.42 Å². The molecule has 0 radical (unpaired) electrons. The third-order valence-corrected chi connectivity index (χ3v) is 27.0. The van der Waals surface area contributed by atoms with E-state index < -0.39 is 28.2 Å². The molecule has 0 saturated heterocycles. The molecule has 2 atom stereocenters. The van der Waals surface area contributed by atoms with Crippen molar-refractivity contribution in [2.75, 3.05) is 14.2 Å². The van der Waals surface area contributed by atoms with Crippen molar-refractivity contribution in [3.05, 3.63) is 69.3 Å². The van der Waals surface area contributed by atoms with Crippen LogP contribution in [0.1, 0.15) is 52.3 Å². The van der Waals surface area contributed by atoms with Crippen LogP contribution in [0.4, 0.5) is 0 Å². The van der Waals surface area contributed by atoms with Gasteiger partial charge in [0.15, 0.2) is 5.41 Å². The minimum atomic E-state index is -1.78. The Kier molecular flexibility index (Phi) is 3.02. The lowest BCUT2D eigenvalue weighted by Gasteiger charge is -2.54. The van der Waals surface area contributed by atoms with Crippen molar-refractivity contribution in [2.45, 2.75) is 30.6 Å². The molecule has 2 unspecified atom stereocenters. The molecule has 0 amide bonds. The van der Waals surface area contributed by atoms with Crippen LogP contribution in [0.5, 0.6) is 0 Å². The van der Waals surface area contributed by atoms with Crippen LogP contribution in [0.15, 0.2) is 30.3 Å². The Bertz CT molecular complexity index is 7760. The Morgan fingerprint density at radius 2 is 0.526 bits per heavy atom. The Morgan fingerprint density at radius 1 is 0.308 bits per heavy atom. The molecular formula is C74H18O4. The Labute approximate surface area is 428 Å². The number of hydrogen-bond donors (Lipinski definition) is 0. The van der Waals surface area contributed by atoms with E-state index in [4.69, 9.17) is 9.47 Å². The Balaban J connectivity index is 1.14. The number of carbonyl (C=O) groups excluding carboxylic acids is 2. The Hall–Kier alpha value is -9.38. The molecule has 0 heterocycles. The van der Waals surface area contributed by atoms with Gasteiger partial charge in [0.05, 0.1) is 25.0 Å². The first-order chi connectivity index (χ1) is 38.6. The number of esters is 2. The average molecular weight is 971 g/mol. The van der Waals surface area contributed by atoms with Crippen LogP contribution in [-0.2, 0) is 36.3 Å². The monoisotopic (exact) mass is 970 g/mol. The van der Waals surface area contributed by atoms with Gasteiger partial charge in [-0.25, -0.2) is 0 Å². The fourth-order valence-corrected chi connectivity index (χ4v) is 26.5. The molecule has 0 fully saturated rings. The lowest BCUT2D eigenvalue weighted by atomic mass is 9.45. The van der Waals surface area contributed by atoms with E-state index >= 15 is 9.59 Å². The predicted octanol–water partition coefficient (Wildman–Crippen LogP) is 18.0. The normalized spacial score (nSPS) is 20.8. The van der Waals surface area contributed by atoms with Crippen LogP contribution in [0.3, 0.4) is 0 Å². The summed E-state index contributed by atoms with van der Waals surface area (Å²) in [6.45, 7) is 2.10. The van der Waals surface area contributed by atoms with E-state index in [-0.39, 0.29) is 6.42 Å². The minimum Gasteiger partial charge on any atom is -0.468 e. The zero-order valence-electron chi connectivity index (χ0n) is 40.9. The summed E-state index contributed by atoms with van der Waals surface area (Å²) in [7, 11) is 3.07. The molecule has 0 saturated carbocycles. The van der Waals surface area contributed by atoms with E-state index in [0.29, 0.717) is 0 Å². The molecular weight excluding hydrogens is 953 g/mol. The van der Waals surface area contributed by atoms with Crippen molar-refractivity contribution < 1.29 is 19.1 Å². The summed E-state index contributed by atoms with van der Waals surface area (Å²) >= 11 is 0. The quantitative estimate of drug-likeness (QED) is 0.0946. The summed E-state index contributed by atoms with van der Waals surface area (Å²) in [5.41, 5.74) is 5.67. The second-order valence-corrected chi connectivity index (χ2v) is 27.3. The van der Waals surface area contributed by atoms with Gasteiger partial charge >= 0.3 is 11.9 Å². The molecule has 5 aliphatic carbocycles. The summed E-state index contributed by atoms with van der Waals surface area (Å²) in [5.74, 6) is -0.956. The smallest absolute Gasteiger partial charge is 0.324 e. The molecule has 0 aromatic heterocycles. The number of ether oxygens (including phenoxy) is 2. The fraction of sp³-hybridized carbons (Fsp3) is 0.108. The number of benzene rings is 18. The van der Waals surface area contributed by atoms with Gasteiger partial charge in [-0.3, -0.25) is 9.59 Å². The largest absolute Gasteiger partial charge is 0.468 e. The zero-order valence-corrected chi connectivity index (χ0v) is 40.9. The van der Waals surface area contributed by atoms with Crippen LogP contribution in [0.25, 0.3) is 280 Å². The van der Waals surface area contributed by atoms with Crippen molar-refractivity contribution in [3.8, 4) is 0 Å². The third kappa shape index (κ3) is 1.76. The topological polar surface area (TPSA) is 52.6 Å². The first kappa shape index (κ1) is 31.6. The van der Waals surface area contributed by atoms with Crippen LogP contribution >= 0.6 is 0 Å². The van der Waals surface area contributed by atoms with Crippen molar-refractivity contribution in [1.29, 1.82) is 0 Å². The molecule has 0 spiro atoms. The molecule has 338 valence electrons. The van der Waals surface area contributed by atoms with Gasteiger partial charge in [0.25, 0.3) is 0 Å². The highest BCUT2D eigenvalue weighted by atomic mass is 16.5. The number of carbonyl (C=O) groups is 2. The fourth-order valence-electron chi connectivity index (χ4n) is 26.5. The second kappa shape index (κ2) is 7.46. The third-order valence-electron chi connectivity index (χ3n) is 27.0. The van der Waals surface area contributed by atoms with Crippen molar-refractivity contribution in [2.24, 2.45) is 5.41 Å². The zero-order chi connectivity index (χ0) is 48.1. The maximum Gasteiger partial charge on any atom is 0.324 e. The Morgan fingerprint density at radius 3 is 0.833 bits per heavy atom. The van der Waals surface area contributed by atoms with E-state index in [1.165, 1.54) is 269 Å². The van der Waals surface area contributed by atoms with Crippen molar-refractivity contribution in [1.82, 2.24) is 0 Å². The van der Waals surface area contributed by atoms with Gasteiger partial charge in [0.2, 0.25) is 0 Å². The summed E-state index contributed by atoms with van der Waals surface area (Å²) < 4.78 is 12.7. The molecule has 28 aromatic carbocycles. The van der Waals surface area contributed by atoms with Crippen LogP contribution in [-0.4, -0.2) is 26.2 Å². The molecule has 78 heavy (non-hydrogen) atoms. The van der Waals surface area contributed by atoms with Gasteiger partial charge in [0, 0.05) is 0 Å². The number of hydrogen-bond acceptors (Lipinski definition) is 4. The van der Waals surface area contributed by atoms with Crippen LogP contribution in [0, 0.1) is 5.41 Å². The van der Waals surface area contributed by atoms with Gasteiger partial charge < -0.3 is 9.47 Å². The lowest BCUT2D eigenvalue weighted by molar-refractivity contribution is -0.173. The SMILES string of the molecule is CCC(C(=O)OC)(C(=O)OC)C12c3c4c5c6c7c8c9c%10c(c1c1c%11c2c2c%12c3c5c3c5c6c6c7c7c9c9c%13c%10c1c1c%10c%11c%11c2c2c%12c3c3c5c5c6c6c7c9c7c(c%131)c1c%10c%11c9c2c3c2c9c1c7c6c52)C48Cc1ccccc1. The molecule has 5 aliphatic rings. The molecule has 0 aliphatic heterocycles. The van der Waals surface area contributed by atoms with Crippen LogP contribution in [0.2, 0.25) is 0 Å². The highest BCUT2D eigenvalue weighted by Crippen LogP contribution is 2.86. The number of methoxy groups -OCH3 is 2. The van der Waals surface area contributed by atoms with E-state index in [2.05, 4.69) is 37.3 Å². The molecule has 33 rings (SSSR count). The van der Waals surface area contributed by atoms with Crippen molar-refractivity contribution in [3.63, 3.8) is 0 Å². The highest BCUT2D eigenvalue weighted by molar-refractivity contribution is 6.81. The van der Waals surface area contributed by atoms with Gasteiger partial charge in [0.1, 0.15) is 0 Å². The van der Waals surface area contributed by atoms with E-state index in [1.54, 1.807) is 64.6 Å². The lowest BCUT2D eigenvalue weighted by Crippen LogP contribution is -2.60.